The van der Waals surface area contributed by atoms with E-state index in [1.165, 1.54) is 18.1 Å². The molecule has 31 heavy (non-hydrogen) atoms. The van der Waals surface area contributed by atoms with E-state index in [0.29, 0.717) is 12.5 Å². The number of ether oxygens (including phenoxy) is 1. The molecule has 0 spiro atoms. The first kappa shape index (κ1) is 24.2. The van der Waals surface area contributed by atoms with Gasteiger partial charge in [0.1, 0.15) is 11.5 Å². The Hall–Kier alpha value is -3.07. The Kier molecular flexibility index (Phi) is 8.87. The fourth-order valence-electron chi connectivity index (χ4n) is 2.89. The molecule has 3 aromatic rings. The summed E-state index contributed by atoms with van der Waals surface area (Å²) in [6.45, 7) is 13.3. The number of benzene rings is 3. The minimum atomic E-state index is -0.0281. The van der Waals surface area contributed by atoms with E-state index in [9.17, 15) is 4.79 Å². The van der Waals surface area contributed by atoms with Gasteiger partial charge in [0.25, 0.3) is 0 Å². The summed E-state index contributed by atoms with van der Waals surface area (Å²) in [5, 5.41) is 2.75. The van der Waals surface area contributed by atoms with Gasteiger partial charge in [0.05, 0.1) is 0 Å². The second-order valence-corrected chi connectivity index (χ2v) is 9.00. The highest BCUT2D eigenvalue weighted by molar-refractivity contribution is 5.72. The average molecular weight is 418 g/mol. The Morgan fingerprint density at radius 1 is 0.871 bits per heavy atom. The molecule has 3 nitrogen and oxygen atoms in total. The number of hydrogen-bond acceptors (Lipinski definition) is 2. The zero-order valence-corrected chi connectivity index (χ0v) is 19.6. The molecule has 0 aliphatic carbocycles. The van der Waals surface area contributed by atoms with Crippen molar-refractivity contribution in [2.45, 2.75) is 59.4 Å². The molecule has 0 saturated carbocycles. The highest BCUT2D eigenvalue weighted by Crippen LogP contribution is 2.25. The highest BCUT2D eigenvalue weighted by atomic mass is 16.5. The van der Waals surface area contributed by atoms with E-state index in [1.54, 1.807) is 0 Å². The van der Waals surface area contributed by atoms with Gasteiger partial charge in [-0.2, -0.15) is 0 Å². The van der Waals surface area contributed by atoms with Gasteiger partial charge < -0.3 is 10.1 Å². The minimum Gasteiger partial charge on any atom is -0.457 e. The lowest BCUT2D eigenvalue weighted by molar-refractivity contribution is -0.119. The van der Waals surface area contributed by atoms with Crippen LogP contribution in [-0.2, 0) is 16.8 Å². The second-order valence-electron chi connectivity index (χ2n) is 9.00. The zero-order valence-electron chi connectivity index (χ0n) is 19.6. The number of para-hydroxylation sites is 1. The summed E-state index contributed by atoms with van der Waals surface area (Å²) in [7, 11) is 0. The monoisotopic (exact) mass is 417 g/mol. The lowest BCUT2D eigenvalue weighted by atomic mass is 9.85. The maximum atomic E-state index is 10.8. The molecule has 0 bridgehead atoms. The molecule has 0 fully saturated rings. The van der Waals surface area contributed by atoms with Gasteiger partial charge >= 0.3 is 0 Å². The maximum absolute atomic E-state index is 10.8. The van der Waals surface area contributed by atoms with E-state index in [-0.39, 0.29) is 11.3 Å². The van der Waals surface area contributed by atoms with Crippen LogP contribution in [0.1, 0.15) is 64.2 Å². The Balaban J connectivity index is 0.000000233. The van der Waals surface area contributed by atoms with Crippen LogP contribution >= 0.6 is 0 Å². The van der Waals surface area contributed by atoms with Gasteiger partial charge in [-0.25, -0.2) is 0 Å². The molecule has 3 aromatic carbocycles. The normalized spacial score (nSPS) is 10.8. The summed E-state index contributed by atoms with van der Waals surface area (Å²) in [5.74, 6) is 2.20. The van der Waals surface area contributed by atoms with Crippen molar-refractivity contribution in [3.63, 3.8) is 0 Å². The van der Waals surface area contributed by atoms with Crippen molar-refractivity contribution < 1.29 is 9.53 Å². The van der Waals surface area contributed by atoms with Gasteiger partial charge in [0.2, 0.25) is 5.91 Å². The van der Waals surface area contributed by atoms with Gasteiger partial charge in [-0.15, -0.1) is 0 Å². The van der Waals surface area contributed by atoms with Crippen molar-refractivity contribution in [2.24, 2.45) is 0 Å². The third-order valence-corrected chi connectivity index (χ3v) is 4.86. The molecule has 3 rings (SSSR count). The molecule has 1 N–H and O–H groups in total. The number of amides is 1. The van der Waals surface area contributed by atoms with E-state index in [0.717, 1.165) is 17.1 Å². The summed E-state index contributed by atoms with van der Waals surface area (Å²) in [4.78, 5) is 10.8. The molecular formula is C28H35NO2. The molecule has 0 aliphatic heterocycles. The fraction of sp³-hybridized carbons (Fsp3) is 0.321. The summed E-state index contributed by atoms with van der Waals surface area (Å²) in [5.41, 5.74) is 4.18. The van der Waals surface area contributed by atoms with Crippen LogP contribution < -0.4 is 10.1 Å². The molecule has 164 valence electrons. The average Bonchev–Trinajstić information content (AvgIpc) is 2.74. The number of carbonyl (C=O) groups is 1. The molecular weight excluding hydrogens is 382 g/mol. The van der Waals surface area contributed by atoms with E-state index in [1.807, 2.05) is 54.6 Å². The van der Waals surface area contributed by atoms with Gasteiger partial charge in [-0.05, 0) is 52.3 Å². The topological polar surface area (TPSA) is 38.3 Å². The quantitative estimate of drug-likeness (QED) is 0.476. The third-order valence-electron chi connectivity index (χ3n) is 4.86. The van der Waals surface area contributed by atoms with Gasteiger partial charge in [-0.3, -0.25) is 4.79 Å². The summed E-state index contributed by atoms with van der Waals surface area (Å²) in [6, 6.07) is 26.2. The summed E-state index contributed by atoms with van der Waals surface area (Å²) in [6.07, 6.45) is 0. The summed E-state index contributed by atoms with van der Waals surface area (Å²) < 4.78 is 5.67. The van der Waals surface area contributed by atoms with Crippen LogP contribution in [0.5, 0.6) is 11.5 Å². The molecule has 3 heteroatoms. The molecule has 0 atom stereocenters. The van der Waals surface area contributed by atoms with Crippen LogP contribution in [0.15, 0.2) is 78.9 Å². The molecule has 0 heterocycles. The fourth-order valence-corrected chi connectivity index (χ4v) is 2.89. The highest BCUT2D eigenvalue weighted by Gasteiger charge is 2.13. The van der Waals surface area contributed by atoms with Crippen LogP contribution in [0.25, 0.3) is 0 Å². The summed E-state index contributed by atoms with van der Waals surface area (Å²) >= 11 is 0. The van der Waals surface area contributed by atoms with Gasteiger partial charge in [0, 0.05) is 13.5 Å². The van der Waals surface area contributed by atoms with E-state index in [4.69, 9.17) is 4.74 Å². The first-order valence-electron chi connectivity index (χ1n) is 10.8. The Bertz CT molecular complexity index is 939. The zero-order chi connectivity index (χ0) is 22.9. The lowest BCUT2D eigenvalue weighted by Crippen LogP contribution is -2.18. The second kappa shape index (κ2) is 11.4. The van der Waals surface area contributed by atoms with E-state index >= 15 is 0 Å². The number of hydrogen-bond donors (Lipinski definition) is 1. The third kappa shape index (κ3) is 8.67. The smallest absolute Gasteiger partial charge is 0.217 e. The Morgan fingerprint density at radius 3 is 2.03 bits per heavy atom. The predicted molar refractivity (Wildman–Crippen MR) is 130 cm³/mol. The van der Waals surface area contributed by atoms with Gasteiger partial charge in [-0.1, -0.05) is 89.2 Å². The van der Waals surface area contributed by atoms with Crippen LogP contribution in [0.4, 0.5) is 0 Å². The van der Waals surface area contributed by atoms with E-state index < -0.39 is 0 Å². The molecule has 0 unspecified atom stereocenters. The number of carbonyl (C=O) groups excluding carboxylic acids is 1. The first-order valence-corrected chi connectivity index (χ1v) is 10.8. The Labute approximate surface area is 187 Å². The maximum Gasteiger partial charge on any atom is 0.217 e. The molecule has 0 saturated heterocycles. The van der Waals surface area contributed by atoms with Crippen molar-refractivity contribution in [2.75, 3.05) is 0 Å². The Morgan fingerprint density at radius 2 is 1.48 bits per heavy atom. The van der Waals surface area contributed by atoms with Crippen molar-refractivity contribution >= 4 is 5.91 Å². The van der Waals surface area contributed by atoms with Gasteiger partial charge in [0.15, 0.2) is 0 Å². The molecule has 1 amide bonds. The number of rotatable bonds is 5. The predicted octanol–water partition coefficient (Wildman–Crippen LogP) is 7.22. The van der Waals surface area contributed by atoms with Crippen molar-refractivity contribution in [1.82, 2.24) is 5.32 Å². The largest absolute Gasteiger partial charge is 0.457 e. The van der Waals surface area contributed by atoms with Crippen LogP contribution in [0.2, 0.25) is 0 Å². The standard InChI is InChI=1S/C15H15NO2.C13H20/c1-12(17)16-11-13-7-9-15(10-8-13)18-14-5-3-2-4-6-14;1-10(2)11-7-6-8-12(9-11)13(3,4)5/h2-10H,11H2,1H3,(H,16,17);6-10H,1-5H3. The minimum absolute atomic E-state index is 0.0281. The first-order chi connectivity index (χ1) is 14.6. The van der Waals surface area contributed by atoms with Crippen molar-refractivity contribution in [1.29, 1.82) is 0 Å². The number of nitrogens with one attached hydrogen (secondary N) is 1. The van der Waals surface area contributed by atoms with Crippen LogP contribution in [0.3, 0.4) is 0 Å². The molecule has 0 radical (unpaired) electrons. The van der Waals surface area contributed by atoms with Crippen molar-refractivity contribution in [3.05, 3.63) is 95.6 Å². The lowest BCUT2D eigenvalue weighted by Gasteiger charge is -2.20. The van der Waals surface area contributed by atoms with E-state index in [2.05, 4.69) is 64.2 Å². The van der Waals surface area contributed by atoms with Crippen LogP contribution in [0, 0.1) is 0 Å². The molecule has 0 aromatic heterocycles. The molecule has 0 aliphatic rings. The SMILES string of the molecule is CC(=O)NCc1ccc(Oc2ccccc2)cc1.CC(C)c1cccc(C(C)(C)C)c1. The van der Waals surface area contributed by atoms with Crippen LogP contribution in [-0.4, -0.2) is 5.91 Å². The van der Waals surface area contributed by atoms with Crippen molar-refractivity contribution in [3.8, 4) is 11.5 Å².